The Morgan fingerprint density at radius 3 is 2.78 bits per heavy atom. The van der Waals surface area contributed by atoms with Gasteiger partial charge in [0.2, 0.25) is 0 Å². The lowest BCUT2D eigenvalue weighted by atomic mass is 10.0. The number of aliphatic hydroxyl groups is 1. The number of halogens is 1. The first-order valence-corrected chi connectivity index (χ1v) is 13.2. The maximum absolute atomic E-state index is 10.0. The normalized spacial score (nSPS) is 16.8. The zero-order chi connectivity index (χ0) is 26.5. The second kappa shape index (κ2) is 12.2. The number of rotatable bonds is 11. The predicted octanol–water partition coefficient (Wildman–Crippen LogP) is 4.23. The summed E-state index contributed by atoms with van der Waals surface area (Å²) >= 11 is 6.64. The Balaban J connectivity index is 1.72. The summed E-state index contributed by atoms with van der Waals surface area (Å²) in [5, 5.41) is 21.2. The average molecular weight is 529 g/mol. The molecule has 0 unspecified atom stereocenters. The number of aromatic nitrogens is 3. The van der Waals surface area contributed by atoms with E-state index < -0.39 is 6.10 Å². The number of anilines is 1. The van der Waals surface area contributed by atoms with Gasteiger partial charge in [-0.05, 0) is 71.9 Å². The fourth-order valence-electron chi connectivity index (χ4n) is 4.88. The number of likely N-dealkylation sites (N-methyl/N-ethyl adjacent to an activating group) is 2. The van der Waals surface area contributed by atoms with E-state index in [0.717, 1.165) is 48.0 Å². The van der Waals surface area contributed by atoms with Crippen molar-refractivity contribution in [1.29, 1.82) is 0 Å². The zero-order valence-corrected chi connectivity index (χ0v) is 23.0. The van der Waals surface area contributed by atoms with Gasteiger partial charge >= 0.3 is 0 Å². The van der Waals surface area contributed by atoms with Crippen molar-refractivity contribution >= 4 is 17.4 Å². The first-order chi connectivity index (χ1) is 17.8. The monoisotopic (exact) mass is 528 g/mol. The summed E-state index contributed by atoms with van der Waals surface area (Å²) in [7, 11) is 1.78. The Morgan fingerprint density at radius 1 is 1.27 bits per heavy atom. The van der Waals surface area contributed by atoms with E-state index in [1.807, 2.05) is 26.8 Å². The van der Waals surface area contributed by atoms with Crippen LogP contribution in [-0.2, 0) is 0 Å². The van der Waals surface area contributed by atoms with E-state index in [1.54, 1.807) is 19.2 Å². The number of likely N-dealkylation sites (tertiary alicyclic amines) is 1. The minimum atomic E-state index is -0.625. The molecule has 2 aromatic heterocycles. The van der Waals surface area contributed by atoms with Crippen LogP contribution >= 0.6 is 11.6 Å². The third-order valence-electron chi connectivity index (χ3n) is 6.89. The number of ether oxygens (including phenoxy) is 1. The largest absolute Gasteiger partial charge is 0.491 e. The fourth-order valence-corrected chi connectivity index (χ4v) is 5.09. The average Bonchev–Trinajstić information content (AvgIpc) is 3.48. The third-order valence-corrected chi connectivity index (χ3v) is 7.22. The molecular formula is C27H37ClN6O3. The number of hydrogen-bond acceptors (Lipinski definition) is 9. The number of nitrogens with one attached hydrogen (secondary N) is 2. The minimum Gasteiger partial charge on any atom is -0.491 e. The highest BCUT2D eigenvalue weighted by atomic mass is 35.5. The first kappa shape index (κ1) is 27.3. The number of aryl methyl sites for hydroxylation is 2. The van der Waals surface area contributed by atoms with Gasteiger partial charge in [0.05, 0.1) is 22.0 Å². The minimum absolute atomic E-state index is 0.156. The van der Waals surface area contributed by atoms with Crippen LogP contribution in [0.1, 0.15) is 36.8 Å². The Kier molecular flexibility index (Phi) is 9.02. The summed E-state index contributed by atoms with van der Waals surface area (Å²) in [6, 6.07) is 5.82. The van der Waals surface area contributed by atoms with Gasteiger partial charge in [0, 0.05) is 30.3 Å². The smallest absolute Gasteiger partial charge is 0.163 e. The molecule has 1 fully saturated rings. The number of aliphatic hydroxyl groups excluding tert-OH is 1. The summed E-state index contributed by atoms with van der Waals surface area (Å²) in [6.07, 6.45) is 1.75. The number of hydrogen-bond donors (Lipinski definition) is 3. The molecule has 1 aliphatic heterocycles. The molecule has 1 aliphatic rings. The van der Waals surface area contributed by atoms with Gasteiger partial charge in [-0.15, -0.1) is 0 Å². The molecule has 0 amide bonds. The van der Waals surface area contributed by atoms with E-state index >= 15 is 0 Å². The second-order valence-corrected chi connectivity index (χ2v) is 9.95. The lowest BCUT2D eigenvalue weighted by Crippen LogP contribution is -2.35. The molecule has 37 heavy (non-hydrogen) atoms. The van der Waals surface area contributed by atoms with Crippen LogP contribution in [0.2, 0.25) is 5.02 Å². The van der Waals surface area contributed by atoms with Crippen LogP contribution in [0.3, 0.4) is 0 Å². The van der Waals surface area contributed by atoms with Gasteiger partial charge in [0.25, 0.3) is 0 Å². The van der Waals surface area contributed by atoms with Crippen molar-refractivity contribution < 1.29 is 14.4 Å². The summed E-state index contributed by atoms with van der Waals surface area (Å²) in [5.74, 6) is 2.52. The molecule has 1 aromatic carbocycles. The maximum Gasteiger partial charge on any atom is 0.163 e. The first-order valence-electron chi connectivity index (χ1n) is 12.9. The molecular weight excluding hydrogens is 492 g/mol. The second-order valence-electron chi connectivity index (χ2n) is 9.54. The van der Waals surface area contributed by atoms with Gasteiger partial charge < -0.3 is 25.0 Å². The van der Waals surface area contributed by atoms with Gasteiger partial charge in [-0.2, -0.15) is 0 Å². The highest BCUT2D eigenvalue weighted by Crippen LogP contribution is 2.36. The fraction of sp³-hybridized carbons (Fsp3) is 0.519. The summed E-state index contributed by atoms with van der Waals surface area (Å²) in [6.45, 7) is 11.6. The van der Waals surface area contributed by atoms with Crippen molar-refractivity contribution in [2.24, 2.45) is 0 Å². The van der Waals surface area contributed by atoms with Crippen LogP contribution in [0.15, 0.2) is 22.7 Å². The third kappa shape index (κ3) is 6.23. The van der Waals surface area contributed by atoms with E-state index in [-0.39, 0.29) is 6.61 Å². The molecule has 0 spiro atoms. The molecule has 0 aliphatic carbocycles. The quantitative estimate of drug-likeness (QED) is 0.337. The van der Waals surface area contributed by atoms with Crippen molar-refractivity contribution in [1.82, 2.24) is 25.3 Å². The van der Waals surface area contributed by atoms with Gasteiger partial charge in [-0.25, -0.2) is 9.97 Å². The molecule has 2 atom stereocenters. The van der Waals surface area contributed by atoms with Crippen molar-refractivity contribution in [2.45, 2.75) is 52.7 Å². The van der Waals surface area contributed by atoms with E-state index in [9.17, 15) is 5.11 Å². The van der Waals surface area contributed by atoms with Crippen molar-refractivity contribution in [3.63, 3.8) is 0 Å². The van der Waals surface area contributed by atoms with Gasteiger partial charge in [-0.3, -0.25) is 4.90 Å². The van der Waals surface area contributed by atoms with Gasteiger partial charge in [0.15, 0.2) is 5.82 Å². The highest BCUT2D eigenvalue weighted by molar-refractivity contribution is 6.33. The van der Waals surface area contributed by atoms with Crippen LogP contribution in [0.4, 0.5) is 5.82 Å². The van der Waals surface area contributed by atoms with Crippen molar-refractivity contribution in [2.75, 3.05) is 45.2 Å². The molecule has 0 saturated carbocycles. The SMILES string of the molecule is CCN1CCC[C@H]1CNc1nc(-c2cc(OC[C@@H](O)CNC)ccc2Cl)nc(-c2c(C)noc2C)c1C. The molecule has 3 heterocycles. The Labute approximate surface area is 223 Å². The van der Waals surface area contributed by atoms with Crippen LogP contribution in [0.5, 0.6) is 5.75 Å². The molecule has 4 rings (SSSR count). The Hall–Kier alpha value is -2.72. The molecule has 0 bridgehead atoms. The molecule has 3 N–H and O–H groups in total. The molecule has 3 aromatic rings. The number of benzene rings is 1. The van der Waals surface area contributed by atoms with Gasteiger partial charge in [0.1, 0.15) is 30.0 Å². The Bertz CT molecular complexity index is 1200. The summed E-state index contributed by atoms with van der Waals surface area (Å²) in [5.41, 5.74) is 3.96. The van der Waals surface area contributed by atoms with E-state index in [2.05, 4.69) is 27.6 Å². The summed E-state index contributed by atoms with van der Waals surface area (Å²) in [4.78, 5) is 12.4. The number of nitrogens with zero attached hydrogens (tertiary/aromatic N) is 4. The topological polar surface area (TPSA) is 109 Å². The van der Waals surface area contributed by atoms with E-state index in [4.69, 9.17) is 30.8 Å². The van der Waals surface area contributed by atoms with E-state index in [0.29, 0.717) is 40.5 Å². The van der Waals surface area contributed by atoms with Crippen LogP contribution in [0, 0.1) is 20.8 Å². The molecule has 0 radical (unpaired) electrons. The predicted molar refractivity (Wildman–Crippen MR) is 146 cm³/mol. The zero-order valence-electron chi connectivity index (χ0n) is 22.3. The molecule has 9 nitrogen and oxygen atoms in total. The van der Waals surface area contributed by atoms with Crippen LogP contribution < -0.4 is 15.4 Å². The lowest BCUT2D eigenvalue weighted by molar-refractivity contribution is 0.108. The Morgan fingerprint density at radius 2 is 2.08 bits per heavy atom. The summed E-state index contributed by atoms with van der Waals surface area (Å²) < 4.78 is 11.3. The molecule has 10 heteroatoms. The maximum atomic E-state index is 10.0. The molecule has 200 valence electrons. The van der Waals surface area contributed by atoms with Crippen molar-refractivity contribution in [3.8, 4) is 28.4 Å². The standard InChI is InChI=1S/C27H37ClN6O3/c1-6-34-11-7-8-19(34)13-30-26-16(2)25(24-17(3)33-37-18(24)4)31-27(32-26)22-12-21(9-10-23(22)28)36-15-20(35)14-29-5/h9-10,12,19-20,29,35H,6-8,11,13-15H2,1-5H3,(H,30,31,32)/t19-,20-/m0/s1. The van der Waals surface area contributed by atoms with E-state index in [1.165, 1.54) is 12.8 Å². The van der Waals surface area contributed by atoms with Crippen LogP contribution in [-0.4, -0.2) is 77.1 Å². The highest BCUT2D eigenvalue weighted by Gasteiger charge is 2.25. The van der Waals surface area contributed by atoms with Crippen molar-refractivity contribution in [3.05, 3.63) is 40.2 Å². The molecule has 1 saturated heterocycles. The van der Waals surface area contributed by atoms with Gasteiger partial charge in [-0.1, -0.05) is 23.7 Å². The van der Waals surface area contributed by atoms with Crippen LogP contribution in [0.25, 0.3) is 22.6 Å². The lowest BCUT2D eigenvalue weighted by Gasteiger charge is -2.24.